The van der Waals surface area contributed by atoms with E-state index < -0.39 is 35.6 Å². The molecule has 3 atom stereocenters. The first-order chi connectivity index (χ1) is 17.9. The molecule has 0 bridgehead atoms. The van der Waals surface area contributed by atoms with Gasteiger partial charge in [0.25, 0.3) is 0 Å². The van der Waals surface area contributed by atoms with Crippen molar-refractivity contribution in [2.45, 2.75) is 37.9 Å². The van der Waals surface area contributed by atoms with E-state index in [2.05, 4.69) is 0 Å². The Balaban J connectivity index is 1.41. The Kier molecular flexibility index (Phi) is 8.85. The number of thioether (sulfide) groups is 1. The zero-order valence-electron chi connectivity index (χ0n) is 20.6. The highest BCUT2D eigenvalue weighted by Crippen LogP contribution is 2.33. The monoisotopic (exact) mass is 520 g/mol. The molecular formula is C29H28O7S. The van der Waals surface area contributed by atoms with Gasteiger partial charge in [-0.2, -0.15) is 0 Å². The third-order valence-electron chi connectivity index (χ3n) is 5.85. The average Bonchev–Trinajstić information content (AvgIpc) is 3.28. The molecule has 0 N–H and O–H groups in total. The molecule has 8 heteroatoms. The lowest BCUT2D eigenvalue weighted by Gasteiger charge is -2.24. The molecule has 1 fully saturated rings. The lowest BCUT2D eigenvalue weighted by molar-refractivity contribution is -0.0400. The van der Waals surface area contributed by atoms with Crippen molar-refractivity contribution in [2.75, 3.05) is 12.4 Å². The van der Waals surface area contributed by atoms with Gasteiger partial charge in [-0.25, -0.2) is 14.4 Å². The van der Waals surface area contributed by atoms with Crippen LogP contribution in [0, 0.1) is 13.8 Å². The smallest absolute Gasteiger partial charge is 0.461 e. The van der Waals surface area contributed by atoms with E-state index in [0.29, 0.717) is 16.9 Å². The molecule has 0 amide bonds. The first-order valence-corrected chi connectivity index (χ1v) is 12.9. The van der Waals surface area contributed by atoms with Crippen LogP contribution < -0.4 is 0 Å². The molecule has 1 aliphatic rings. The molecule has 1 aliphatic heterocycles. The first kappa shape index (κ1) is 26.3. The third-order valence-corrected chi connectivity index (χ3v) is 7.20. The molecule has 4 rings (SSSR count). The average molecular weight is 521 g/mol. The van der Waals surface area contributed by atoms with Crippen LogP contribution in [0.15, 0.2) is 78.9 Å². The maximum atomic E-state index is 12.9. The SMILES string of the molecule is Cc1ccc(C(=O)OC[C@H]2SC[C@H](OC(=O)OCc3ccccc3)[C@@H]2OC(=O)c2ccc(C)cc2)cc1. The minimum Gasteiger partial charge on any atom is -0.461 e. The molecule has 37 heavy (non-hydrogen) atoms. The quantitative estimate of drug-likeness (QED) is 0.283. The summed E-state index contributed by atoms with van der Waals surface area (Å²) in [6, 6.07) is 23.3. The summed E-state index contributed by atoms with van der Waals surface area (Å²) in [6.07, 6.45) is -2.44. The van der Waals surface area contributed by atoms with Crippen molar-refractivity contribution in [1.82, 2.24) is 0 Å². The summed E-state index contributed by atoms with van der Waals surface area (Å²) in [5, 5.41) is -0.421. The van der Waals surface area contributed by atoms with Crippen LogP contribution >= 0.6 is 11.8 Å². The highest BCUT2D eigenvalue weighted by Gasteiger charge is 2.43. The Bertz CT molecular complexity index is 1210. The largest absolute Gasteiger partial charge is 0.509 e. The van der Waals surface area contributed by atoms with E-state index in [1.54, 1.807) is 24.3 Å². The number of carbonyl (C=O) groups excluding carboxylic acids is 3. The van der Waals surface area contributed by atoms with E-state index in [1.807, 2.05) is 68.4 Å². The summed E-state index contributed by atoms with van der Waals surface area (Å²) < 4.78 is 22.1. The third kappa shape index (κ3) is 7.36. The summed E-state index contributed by atoms with van der Waals surface area (Å²) in [5.74, 6) is -0.663. The Labute approximate surface area is 220 Å². The summed E-state index contributed by atoms with van der Waals surface area (Å²) in [5.41, 5.74) is 3.67. The zero-order valence-corrected chi connectivity index (χ0v) is 21.4. The van der Waals surface area contributed by atoms with Gasteiger partial charge in [0.05, 0.1) is 16.4 Å². The van der Waals surface area contributed by atoms with Crippen molar-refractivity contribution in [1.29, 1.82) is 0 Å². The minimum atomic E-state index is -0.858. The molecule has 0 spiro atoms. The number of rotatable bonds is 8. The van der Waals surface area contributed by atoms with Crippen LogP contribution in [-0.4, -0.2) is 47.9 Å². The van der Waals surface area contributed by atoms with Crippen LogP contribution in [0.5, 0.6) is 0 Å². The molecular weight excluding hydrogens is 492 g/mol. The summed E-state index contributed by atoms with van der Waals surface area (Å²) in [4.78, 5) is 37.8. The molecule has 0 aliphatic carbocycles. The van der Waals surface area contributed by atoms with Gasteiger partial charge in [-0.3, -0.25) is 0 Å². The maximum Gasteiger partial charge on any atom is 0.509 e. The van der Waals surface area contributed by atoms with Crippen molar-refractivity contribution < 1.29 is 33.3 Å². The highest BCUT2D eigenvalue weighted by molar-refractivity contribution is 8.00. The van der Waals surface area contributed by atoms with Gasteiger partial charge in [0.1, 0.15) is 13.2 Å². The van der Waals surface area contributed by atoms with Gasteiger partial charge in [0, 0.05) is 5.75 Å². The van der Waals surface area contributed by atoms with Crippen molar-refractivity contribution >= 4 is 29.9 Å². The van der Waals surface area contributed by atoms with Crippen LogP contribution in [0.1, 0.15) is 37.4 Å². The van der Waals surface area contributed by atoms with E-state index in [-0.39, 0.29) is 13.2 Å². The van der Waals surface area contributed by atoms with E-state index in [1.165, 1.54) is 11.8 Å². The second kappa shape index (κ2) is 12.5. The maximum absolute atomic E-state index is 12.9. The number of hydrogen-bond acceptors (Lipinski definition) is 8. The van der Waals surface area contributed by atoms with Crippen LogP contribution in [0.25, 0.3) is 0 Å². The molecule has 192 valence electrons. The number of ether oxygens (including phenoxy) is 4. The van der Waals surface area contributed by atoms with E-state index in [4.69, 9.17) is 18.9 Å². The fourth-order valence-corrected chi connectivity index (χ4v) is 5.01. The summed E-state index contributed by atoms with van der Waals surface area (Å²) >= 11 is 1.41. The lowest BCUT2D eigenvalue weighted by atomic mass is 10.1. The number of aryl methyl sites for hydroxylation is 2. The summed E-state index contributed by atoms with van der Waals surface area (Å²) in [7, 11) is 0. The Morgan fingerprint density at radius 1 is 0.757 bits per heavy atom. The topological polar surface area (TPSA) is 88.1 Å². The molecule has 0 saturated carbocycles. The molecule has 0 radical (unpaired) electrons. The van der Waals surface area contributed by atoms with Crippen LogP contribution in [0.2, 0.25) is 0 Å². The fourth-order valence-electron chi connectivity index (χ4n) is 3.73. The van der Waals surface area contributed by atoms with Gasteiger partial charge in [-0.15, -0.1) is 11.8 Å². The number of hydrogen-bond donors (Lipinski definition) is 0. The normalized spacial score (nSPS) is 18.6. The molecule has 0 unspecified atom stereocenters. The Morgan fingerprint density at radius 3 is 1.97 bits per heavy atom. The highest BCUT2D eigenvalue weighted by atomic mass is 32.2. The van der Waals surface area contributed by atoms with Crippen molar-refractivity contribution in [3.05, 3.63) is 107 Å². The fraction of sp³-hybridized carbons (Fsp3) is 0.276. The second-order valence-electron chi connectivity index (χ2n) is 8.75. The molecule has 1 heterocycles. The standard InChI is InChI=1S/C29H28O7S/c1-19-8-12-22(13-9-19)27(30)33-17-25-26(36-28(31)23-14-10-20(2)11-15-23)24(18-37-25)35-29(32)34-16-21-6-4-3-5-7-21/h3-15,24-26H,16-18H2,1-2H3/t24-,25+,26-/m0/s1. The van der Waals surface area contributed by atoms with Crippen LogP contribution in [-0.2, 0) is 25.6 Å². The zero-order chi connectivity index (χ0) is 26.2. The van der Waals surface area contributed by atoms with Crippen LogP contribution in [0.3, 0.4) is 0 Å². The van der Waals surface area contributed by atoms with Gasteiger partial charge < -0.3 is 18.9 Å². The van der Waals surface area contributed by atoms with E-state index in [0.717, 1.165) is 16.7 Å². The van der Waals surface area contributed by atoms with Crippen molar-refractivity contribution in [3.8, 4) is 0 Å². The lowest BCUT2D eigenvalue weighted by Crippen LogP contribution is -2.40. The van der Waals surface area contributed by atoms with Gasteiger partial charge >= 0.3 is 18.1 Å². The van der Waals surface area contributed by atoms with Gasteiger partial charge in [0.15, 0.2) is 12.2 Å². The minimum absolute atomic E-state index is 0.0118. The molecule has 1 saturated heterocycles. The van der Waals surface area contributed by atoms with Gasteiger partial charge in [0.2, 0.25) is 0 Å². The van der Waals surface area contributed by atoms with Crippen molar-refractivity contribution in [3.63, 3.8) is 0 Å². The van der Waals surface area contributed by atoms with Crippen LogP contribution in [0.4, 0.5) is 4.79 Å². The number of benzene rings is 3. The first-order valence-electron chi connectivity index (χ1n) is 11.9. The van der Waals surface area contributed by atoms with E-state index >= 15 is 0 Å². The van der Waals surface area contributed by atoms with E-state index in [9.17, 15) is 14.4 Å². The van der Waals surface area contributed by atoms with Crippen molar-refractivity contribution in [2.24, 2.45) is 0 Å². The van der Waals surface area contributed by atoms with Gasteiger partial charge in [-0.05, 0) is 43.7 Å². The molecule has 0 aromatic heterocycles. The number of carbonyl (C=O) groups is 3. The Hall–Kier alpha value is -3.78. The predicted molar refractivity (Wildman–Crippen MR) is 140 cm³/mol. The second-order valence-corrected chi connectivity index (χ2v) is 10.0. The number of esters is 2. The summed E-state index contributed by atoms with van der Waals surface area (Å²) in [6.45, 7) is 3.90. The molecule has 7 nitrogen and oxygen atoms in total. The Morgan fingerprint density at radius 2 is 1.35 bits per heavy atom. The molecule has 3 aromatic carbocycles. The van der Waals surface area contributed by atoms with Gasteiger partial charge in [-0.1, -0.05) is 65.7 Å². The molecule has 3 aromatic rings. The predicted octanol–water partition coefficient (Wildman–Crippen LogP) is 5.52.